The third kappa shape index (κ3) is 3.80. The fourth-order valence-corrected chi connectivity index (χ4v) is 2.49. The molecule has 0 aliphatic carbocycles. The Bertz CT molecular complexity index is 438. The smallest absolute Gasteiger partial charge is 0.221 e. The fraction of sp³-hybridized carbons (Fsp3) is 0.714. The van der Waals surface area contributed by atoms with Crippen LogP contribution in [0.1, 0.15) is 38.4 Å². The van der Waals surface area contributed by atoms with Gasteiger partial charge in [0.25, 0.3) is 0 Å². The molecule has 0 aromatic carbocycles. The second kappa shape index (κ2) is 6.85. The van der Waals surface area contributed by atoms with Crippen molar-refractivity contribution in [3.63, 3.8) is 0 Å². The first-order chi connectivity index (χ1) is 9.58. The zero-order valence-electron chi connectivity index (χ0n) is 12.2. The van der Waals surface area contributed by atoms with Crippen LogP contribution in [0, 0.1) is 5.92 Å². The normalized spacial score (nSPS) is 20.3. The molecule has 2 heterocycles. The molecule has 3 N–H and O–H groups in total. The molecule has 2 rings (SSSR count). The Balaban J connectivity index is 1.92. The summed E-state index contributed by atoms with van der Waals surface area (Å²) in [6.45, 7) is 6.01. The Morgan fingerprint density at radius 2 is 2.45 bits per heavy atom. The second-order valence-corrected chi connectivity index (χ2v) is 5.63. The van der Waals surface area contributed by atoms with Crippen molar-refractivity contribution in [2.75, 3.05) is 13.2 Å². The molecule has 112 valence electrons. The fourth-order valence-electron chi connectivity index (χ4n) is 2.49. The predicted octanol–water partition coefficient (Wildman–Crippen LogP) is 0.834. The number of rotatable bonds is 6. The van der Waals surface area contributed by atoms with Gasteiger partial charge in [-0.25, -0.2) is 4.98 Å². The van der Waals surface area contributed by atoms with E-state index in [4.69, 9.17) is 10.5 Å². The maximum absolute atomic E-state index is 11.7. The van der Waals surface area contributed by atoms with Gasteiger partial charge in [-0.1, -0.05) is 0 Å². The largest absolute Gasteiger partial charge is 0.381 e. The Labute approximate surface area is 119 Å². The van der Waals surface area contributed by atoms with E-state index in [-0.39, 0.29) is 18.0 Å². The molecule has 1 fully saturated rings. The summed E-state index contributed by atoms with van der Waals surface area (Å²) in [5, 5.41) is 2.89. The summed E-state index contributed by atoms with van der Waals surface area (Å²) in [6.07, 6.45) is 4.96. The van der Waals surface area contributed by atoms with Gasteiger partial charge < -0.3 is 20.4 Å². The molecule has 20 heavy (non-hydrogen) atoms. The predicted molar refractivity (Wildman–Crippen MR) is 76.0 cm³/mol. The van der Waals surface area contributed by atoms with Gasteiger partial charge in [0, 0.05) is 37.7 Å². The van der Waals surface area contributed by atoms with E-state index in [1.54, 1.807) is 12.5 Å². The van der Waals surface area contributed by atoms with E-state index < -0.39 is 0 Å². The van der Waals surface area contributed by atoms with Gasteiger partial charge in [0.15, 0.2) is 0 Å². The molecule has 6 heteroatoms. The van der Waals surface area contributed by atoms with Crippen LogP contribution in [0.15, 0.2) is 12.5 Å². The lowest BCUT2D eigenvalue weighted by Gasteiger charge is -2.19. The van der Waals surface area contributed by atoms with Gasteiger partial charge in [0.1, 0.15) is 0 Å². The van der Waals surface area contributed by atoms with Gasteiger partial charge in [0.2, 0.25) is 5.91 Å². The number of nitrogens with zero attached hydrogens (tertiary/aromatic N) is 2. The molecular weight excluding hydrogens is 256 g/mol. The number of carbonyl (C=O) groups is 1. The van der Waals surface area contributed by atoms with Crippen molar-refractivity contribution in [2.45, 2.75) is 45.3 Å². The molecule has 1 saturated heterocycles. The Kier molecular flexibility index (Phi) is 5.14. The quantitative estimate of drug-likeness (QED) is 0.809. The zero-order chi connectivity index (χ0) is 14.5. The molecule has 2 unspecified atom stereocenters. The van der Waals surface area contributed by atoms with E-state index in [0.29, 0.717) is 25.5 Å². The monoisotopic (exact) mass is 280 g/mol. The Hall–Kier alpha value is -1.40. The molecule has 1 aromatic rings. The molecule has 1 amide bonds. The average Bonchev–Trinajstić information content (AvgIpc) is 3.06. The standard InChI is InChI=1S/C14H24N4O2/c1-10(2)17-13(19)3-5-18-9-16-7-12(18)14(15)11-4-6-20-8-11/h7,9-11,14H,3-6,8,15H2,1-2H3,(H,17,19). The molecular formula is C14H24N4O2. The highest BCUT2D eigenvalue weighted by Gasteiger charge is 2.26. The van der Waals surface area contributed by atoms with Gasteiger partial charge in [-0.05, 0) is 20.3 Å². The summed E-state index contributed by atoms with van der Waals surface area (Å²) in [4.78, 5) is 15.9. The van der Waals surface area contributed by atoms with E-state index in [9.17, 15) is 4.79 Å². The number of nitrogens with two attached hydrogens (primary N) is 1. The lowest BCUT2D eigenvalue weighted by atomic mass is 9.97. The first-order valence-corrected chi connectivity index (χ1v) is 7.20. The lowest BCUT2D eigenvalue weighted by molar-refractivity contribution is -0.121. The summed E-state index contributed by atoms with van der Waals surface area (Å²) >= 11 is 0. The molecule has 6 nitrogen and oxygen atoms in total. The molecule has 2 atom stereocenters. The topological polar surface area (TPSA) is 82.2 Å². The van der Waals surface area contributed by atoms with E-state index in [1.165, 1.54) is 0 Å². The third-order valence-electron chi connectivity index (χ3n) is 3.59. The summed E-state index contributed by atoms with van der Waals surface area (Å²) in [6, 6.07) is 0.0933. The minimum absolute atomic E-state index is 0.0532. The van der Waals surface area contributed by atoms with Crippen molar-refractivity contribution in [3.05, 3.63) is 18.2 Å². The van der Waals surface area contributed by atoms with Crippen LogP contribution in [0.3, 0.4) is 0 Å². The molecule has 0 radical (unpaired) electrons. The Morgan fingerprint density at radius 1 is 1.65 bits per heavy atom. The van der Waals surface area contributed by atoms with Gasteiger partial charge in [-0.3, -0.25) is 4.79 Å². The highest BCUT2D eigenvalue weighted by atomic mass is 16.5. The maximum Gasteiger partial charge on any atom is 0.221 e. The first kappa shape index (κ1) is 15.0. The molecule has 0 saturated carbocycles. The van der Waals surface area contributed by atoms with Gasteiger partial charge in [-0.2, -0.15) is 0 Å². The number of nitrogens with one attached hydrogen (secondary N) is 1. The molecule has 1 aromatic heterocycles. The van der Waals surface area contributed by atoms with Crippen molar-refractivity contribution < 1.29 is 9.53 Å². The van der Waals surface area contributed by atoms with E-state index >= 15 is 0 Å². The molecule has 0 bridgehead atoms. The van der Waals surface area contributed by atoms with Crippen LogP contribution >= 0.6 is 0 Å². The van der Waals surface area contributed by atoms with Crippen LogP contribution in [0.25, 0.3) is 0 Å². The highest BCUT2D eigenvalue weighted by Crippen LogP contribution is 2.26. The van der Waals surface area contributed by atoms with Gasteiger partial charge >= 0.3 is 0 Å². The van der Waals surface area contributed by atoms with Crippen LogP contribution in [0.5, 0.6) is 0 Å². The van der Waals surface area contributed by atoms with Crippen molar-refractivity contribution in [3.8, 4) is 0 Å². The van der Waals surface area contributed by atoms with Crippen LogP contribution < -0.4 is 11.1 Å². The summed E-state index contributed by atoms with van der Waals surface area (Å²) in [5.41, 5.74) is 7.28. The SMILES string of the molecule is CC(C)NC(=O)CCn1cncc1C(N)C1CCOC1. The summed E-state index contributed by atoms with van der Waals surface area (Å²) in [7, 11) is 0. The number of hydrogen-bond acceptors (Lipinski definition) is 4. The van der Waals surface area contributed by atoms with Crippen molar-refractivity contribution in [2.24, 2.45) is 11.7 Å². The Morgan fingerprint density at radius 3 is 3.10 bits per heavy atom. The first-order valence-electron chi connectivity index (χ1n) is 7.20. The number of aromatic nitrogens is 2. The maximum atomic E-state index is 11.7. The highest BCUT2D eigenvalue weighted by molar-refractivity contribution is 5.76. The average molecular weight is 280 g/mol. The van der Waals surface area contributed by atoms with Crippen molar-refractivity contribution in [1.29, 1.82) is 0 Å². The molecule has 1 aliphatic heterocycles. The van der Waals surface area contributed by atoms with Crippen LogP contribution in [-0.2, 0) is 16.1 Å². The minimum Gasteiger partial charge on any atom is -0.381 e. The second-order valence-electron chi connectivity index (χ2n) is 5.63. The van der Waals surface area contributed by atoms with Crippen LogP contribution in [0.4, 0.5) is 0 Å². The molecule has 1 aliphatic rings. The number of imidazole rings is 1. The van der Waals surface area contributed by atoms with Gasteiger partial charge in [-0.15, -0.1) is 0 Å². The van der Waals surface area contributed by atoms with Gasteiger partial charge in [0.05, 0.1) is 24.7 Å². The van der Waals surface area contributed by atoms with E-state index in [0.717, 1.165) is 18.7 Å². The third-order valence-corrected chi connectivity index (χ3v) is 3.59. The minimum atomic E-state index is -0.0758. The number of ether oxygens (including phenoxy) is 1. The van der Waals surface area contributed by atoms with Crippen LogP contribution in [0.2, 0.25) is 0 Å². The van der Waals surface area contributed by atoms with Crippen LogP contribution in [-0.4, -0.2) is 34.7 Å². The van der Waals surface area contributed by atoms with E-state index in [1.807, 2.05) is 18.4 Å². The lowest BCUT2D eigenvalue weighted by Crippen LogP contribution is -2.31. The van der Waals surface area contributed by atoms with Crippen molar-refractivity contribution in [1.82, 2.24) is 14.9 Å². The van der Waals surface area contributed by atoms with Crippen molar-refractivity contribution >= 4 is 5.91 Å². The zero-order valence-corrected chi connectivity index (χ0v) is 12.2. The number of aryl methyl sites for hydroxylation is 1. The number of hydrogen-bond donors (Lipinski definition) is 2. The summed E-state index contributed by atoms with van der Waals surface area (Å²) < 4.78 is 7.36. The molecule has 0 spiro atoms. The number of amides is 1. The summed E-state index contributed by atoms with van der Waals surface area (Å²) in [5.74, 6) is 0.396. The number of carbonyl (C=O) groups excluding carboxylic acids is 1. The van der Waals surface area contributed by atoms with E-state index in [2.05, 4.69) is 10.3 Å².